The number of nitrogens with zero attached hydrogens (tertiary/aromatic N) is 4. The molecule has 1 atom stereocenters. The van der Waals surface area contributed by atoms with Crippen molar-refractivity contribution in [2.75, 3.05) is 6.54 Å². The van der Waals surface area contributed by atoms with E-state index in [1.54, 1.807) is 12.3 Å². The van der Waals surface area contributed by atoms with E-state index in [0.29, 0.717) is 23.2 Å². The first-order valence-corrected chi connectivity index (χ1v) is 5.70. The van der Waals surface area contributed by atoms with E-state index in [1.807, 2.05) is 6.92 Å². The molecule has 17 heavy (non-hydrogen) atoms. The molecule has 1 aliphatic heterocycles. The monoisotopic (exact) mass is 231 g/mol. The van der Waals surface area contributed by atoms with Gasteiger partial charge in [-0.3, -0.25) is 0 Å². The standard InChI is InChI=1S/C11H13N5O/c1-7-12-6-4-8(14-7)10-15-11(17-16-10)9-3-2-5-13-9/h4,6,9,13H,2-3,5H2,1H3. The minimum absolute atomic E-state index is 0.194. The number of nitrogens with one attached hydrogen (secondary N) is 1. The number of aryl methyl sites for hydroxylation is 1. The quantitative estimate of drug-likeness (QED) is 0.838. The molecule has 2 aromatic heterocycles. The van der Waals surface area contributed by atoms with Crippen molar-refractivity contribution in [1.82, 2.24) is 25.4 Å². The highest BCUT2D eigenvalue weighted by Gasteiger charge is 2.22. The molecule has 1 N–H and O–H groups in total. The Balaban J connectivity index is 1.89. The van der Waals surface area contributed by atoms with Crippen molar-refractivity contribution in [2.24, 2.45) is 0 Å². The average molecular weight is 231 g/mol. The van der Waals surface area contributed by atoms with E-state index in [-0.39, 0.29) is 6.04 Å². The normalized spacial score (nSPS) is 19.7. The number of hydrogen-bond acceptors (Lipinski definition) is 6. The summed E-state index contributed by atoms with van der Waals surface area (Å²) in [5.74, 6) is 1.88. The van der Waals surface area contributed by atoms with Gasteiger partial charge < -0.3 is 9.84 Å². The summed E-state index contributed by atoms with van der Waals surface area (Å²) in [4.78, 5) is 12.7. The maximum atomic E-state index is 5.26. The smallest absolute Gasteiger partial charge is 0.244 e. The molecule has 1 fully saturated rings. The summed E-state index contributed by atoms with van der Waals surface area (Å²) < 4.78 is 5.26. The van der Waals surface area contributed by atoms with Crippen molar-refractivity contribution in [3.8, 4) is 11.5 Å². The van der Waals surface area contributed by atoms with Gasteiger partial charge in [-0.1, -0.05) is 5.16 Å². The predicted octanol–water partition coefficient (Wildman–Crippen LogP) is 1.26. The van der Waals surface area contributed by atoms with E-state index in [9.17, 15) is 0 Å². The number of hydrogen-bond donors (Lipinski definition) is 1. The lowest BCUT2D eigenvalue weighted by Gasteiger charge is -2.01. The Morgan fingerprint density at radius 2 is 2.35 bits per heavy atom. The lowest BCUT2D eigenvalue weighted by atomic mass is 10.2. The summed E-state index contributed by atoms with van der Waals surface area (Å²) >= 11 is 0. The molecule has 2 aromatic rings. The molecule has 0 bridgehead atoms. The fraction of sp³-hybridized carbons (Fsp3) is 0.455. The molecular weight excluding hydrogens is 218 g/mol. The van der Waals surface area contributed by atoms with Crippen molar-refractivity contribution in [3.63, 3.8) is 0 Å². The average Bonchev–Trinajstić information content (AvgIpc) is 3.00. The van der Waals surface area contributed by atoms with Gasteiger partial charge in [0.05, 0.1) is 6.04 Å². The molecule has 0 amide bonds. The molecule has 6 nitrogen and oxygen atoms in total. The molecule has 3 rings (SSSR count). The van der Waals surface area contributed by atoms with Crippen LogP contribution in [0.3, 0.4) is 0 Å². The minimum atomic E-state index is 0.194. The van der Waals surface area contributed by atoms with Gasteiger partial charge in [0.1, 0.15) is 11.5 Å². The highest BCUT2D eigenvalue weighted by atomic mass is 16.5. The van der Waals surface area contributed by atoms with Gasteiger partial charge in [0.15, 0.2) is 0 Å². The third-order valence-electron chi connectivity index (χ3n) is 2.81. The molecule has 0 saturated carbocycles. The Hall–Kier alpha value is -1.82. The molecule has 6 heteroatoms. The molecule has 1 unspecified atom stereocenters. The van der Waals surface area contributed by atoms with Crippen LogP contribution < -0.4 is 5.32 Å². The Morgan fingerprint density at radius 3 is 3.12 bits per heavy atom. The zero-order chi connectivity index (χ0) is 11.7. The lowest BCUT2D eigenvalue weighted by molar-refractivity contribution is 0.345. The van der Waals surface area contributed by atoms with Crippen LogP contribution in [-0.4, -0.2) is 26.7 Å². The Kier molecular flexibility index (Phi) is 2.56. The van der Waals surface area contributed by atoms with Crippen LogP contribution in [-0.2, 0) is 0 Å². The van der Waals surface area contributed by atoms with Gasteiger partial charge >= 0.3 is 0 Å². The first kappa shape index (κ1) is 10.3. The largest absolute Gasteiger partial charge is 0.337 e. The topological polar surface area (TPSA) is 76.7 Å². The van der Waals surface area contributed by atoms with Crippen LogP contribution in [0.25, 0.3) is 11.5 Å². The van der Waals surface area contributed by atoms with Crippen LogP contribution in [0.4, 0.5) is 0 Å². The number of rotatable bonds is 2. The van der Waals surface area contributed by atoms with Crippen LogP contribution in [0.1, 0.15) is 30.6 Å². The van der Waals surface area contributed by atoms with Crippen molar-refractivity contribution < 1.29 is 4.52 Å². The lowest BCUT2D eigenvalue weighted by Crippen LogP contribution is -2.12. The number of aromatic nitrogens is 4. The fourth-order valence-electron chi connectivity index (χ4n) is 1.96. The molecule has 0 aromatic carbocycles. The van der Waals surface area contributed by atoms with Crippen LogP contribution in [0, 0.1) is 6.92 Å². The maximum Gasteiger partial charge on any atom is 0.244 e. The highest BCUT2D eigenvalue weighted by Crippen LogP contribution is 2.23. The molecule has 1 saturated heterocycles. The zero-order valence-electron chi connectivity index (χ0n) is 9.55. The molecule has 0 radical (unpaired) electrons. The Bertz CT molecular complexity index is 518. The fourth-order valence-corrected chi connectivity index (χ4v) is 1.96. The summed E-state index contributed by atoms with van der Waals surface area (Å²) in [6.45, 7) is 2.85. The maximum absolute atomic E-state index is 5.26. The van der Waals surface area contributed by atoms with Gasteiger partial charge in [0.25, 0.3) is 0 Å². The van der Waals surface area contributed by atoms with Crippen molar-refractivity contribution in [3.05, 3.63) is 24.0 Å². The van der Waals surface area contributed by atoms with Crippen LogP contribution in [0.5, 0.6) is 0 Å². The SMILES string of the molecule is Cc1nccc(-c2noc(C3CCCN3)n2)n1. The molecule has 0 spiro atoms. The third-order valence-corrected chi connectivity index (χ3v) is 2.81. The molecule has 1 aliphatic rings. The van der Waals surface area contributed by atoms with Crippen molar-refractivity contribution in [1.29, 1.82) is 0 Å². The van der Waals surface area contributed by atoms with Gasteiger partial charge in [-0.05, 0) is 32.4 Å². The summed E-state index contributed by atoms with van der Waals surface area (Å²) in [6, 6.07) is 1.98. The third kappa shape index (κ3) is 2.03. The highest BCUT2D eigenvalue weighted by molar-refractivity contribution is 5.47. The van der Waals surface area contributed by atoms with E-state index < -0.39 is 0 Å². The van der Waals surface area contributed by atoms with E-state index in [1.165, 1.54) is 0 Å². The van der Waals surface area contributed by atoms with Crippen LogP contribution in [0.2, 0.25) is 0 Å². The van der Waals surface area contributed by atoms with Gasteiger partial charge in [0, 0.05) is 6.20 Å². The second-order valence-electron chi connectivity index (χ2n) is 4.09. The molecular formula is C11H13N5O. The Labute approximate surface area is 98.5 Å². The summed E-state index contributed by atoms with van der Waals surface area (Å²) in [6.07, 6.45) is 3.89. The second kappa shape index (κ2) is 4.21. The van der Waals surface area contributed by atoms with E-state index in [0.717, 1.165) is 19.4 Å². The van der Waals surface area contributed by atoms with E-state index in [4.69, 9.17) is 4.52 Å². The van der Waals surface area contributed by atoms with Gasteiger partial charge in [0.2, 0.25) is 11.7 Å². The van der Waals surface area contributed by atoms with Crippen LogP contribution >= 0.6 is 0 Å². The second-order valence-corrected chi connectivity index (χ2v) is 4.09. The summed E-state index contributed by atoms with van der Waals surface area (Å²) in [5.41, 5.74) is 0.700. The van der Waals surface area contributed by atoms with Crippen molar-refractivity contribution in [2.45, 2.75) is 25.8 Å². The van der Waals surface area contributed by atoms with Gasteiger partial charge in [-0.15, -0.1) is 0 Å². The van der Waals surface area contributed by atoms with Crippen molar-refractivity contribution >= 4 is 0 Å². The predicted molar refractivity (Wildman–Crippen MR) is 60.0 cm³/mol. The Morgan fingerprint density at radius 1 is 1.41 bits per heavy atom. The minimum Gasteiger partial charge on any atom is -0.337 e. The van der Waals surface area contributed by atoms with E-state index >= 15 is 0 Å². The summed E-state index contributed by atoms with van der Waals surface area (Å²) in [5, 5.41) is 7.28. The first-order chi connectivity index (χ1) is 8.33. The first-order valence-electron chi connectivity index (χ1n) is 5.70. The molecule has 3 heterocycles. The molecule has 88 valence electrons. The van der Waals surface area contributed by atoms with Gasteiger partial charge in [-0.25, -0.2) is 9.97 Å². The van der Waals surface area contributed by atoms with E-state index in [2.05, 4.69) is 25.4 Å². The summed E-state index contributed by atoms with van der Waals surface area (Å²) in [7, 11) is 0. The van der Waals surface area contributed by atoms with Crippen LogP contribution in [0.15, 0.2) is 16.8 Å². The van der Waals surface area contributed by atoms with Gasteiger partial charge in [-0.2, -0.15) is 4.98 Å². The molecule has 0 aliphatic carbocycles. The zero-order valence-corrected chi connectivity index (χ0v) is 9.55.